The number of hydrogen-bond donors (Lipinski definition) is 0. The second-order valence-corrected chi connectivity index (χ2v) is 6.81. The first kappa shape index (κ1) is 13.3. The van der Waals surface area contributed by atoms with Crippen molar-refractivity contribution in [3.63, 3.8) is 0 Å². The van der Waals surface area contributed by atoms with Crippen molar-refractivity contribution in [1.29, 1.82) is 0 Å². The minimum Gasteiger partial charge on any atom is -0.321 e. The number of benzene rings is 1. The molecule has 2 aromatic heterocycles. The molecular formula is C13H11ClIN3S. The third-order valence-corrected chi connectivity index (χ3v) is 4.63. The summed E-state index contributed by atoms with van der Waals surface area (Å²) in [5.41, 5.74) is 3.17. The van der Waals surface area contributed by atoms with E-state index in [1.165, 1.54) is 3.57 Å². The van der Waals surface area contributed by atoms with E-state index in [4.69, 9.17) is 11.6 Å². The molecule has 19 heavy (non-hydrogen) atoms. The topological polar surface area (TPSA) is 30.7 Å². The Kier molecular flexibility index (Phi) is 3.77. The van der Waals surface area contributed by atoms with Crippen molar-refractivity contribution in [2.75, 3.05) is 0 Å². The Balaban J connectivity index is 2.10. The van der Waals surface area contributed by atoms with Gasteiger partial charge in [-0.2, -0.15) is 0 Å². The summed E-state index contributed by atoms with van der Waals surface area (Å²) in [4.78, 5) is 9.11. The highest BCUT2D eigenvalue weighted by atomic mass is 127. The van der Waals surface area contributed by atoms with E-state index in [-0.39, 0.29) is 0 Å². The molecule has 0 aliphatic carbocycles. The van der Waals surface area contributed by atoms with Crippen LogP contribution in [0.2, 0.25) is 0 Å². The second kappa shape index (κ2) is 5.38. The molecule has 0 aliphatic heterocycles. The summed E-state index contributed by atoms with van der Waals surface area (Å²) in [6.07, 6.45) is 0. The van der Waals surface area contributed by atoms with Crippen molar-refractivity contribution in [1.82, 2.24) is 14.5 Å². The number of imidazole rings is 1. The molecule has 0 fully saturated rings. The van der Waals surface area contributed by atoms with Crippen molar-refractivity contribution in [3.05, 3.63) is 43.7 Å². The number of hydrogen-bond acceptors (Lipinski definition) is 3. The van der Waals surface area contributed by atoms with E-state index in [1.807, 2.05) is 6.92 Å². The number of nitrogens with zero attached hydrogens (tertiary/aromatic N) is 3. The minimum atomic E-state index is 0.411. The molecule has 0 aliphatic rings. The molecule has 0 bridgehead atoms. The first-order valence-electron chi connectivity index (χ1n) is 5.79. The molecule has 98 valence electrons. The normalized spacial score (nSPS) is 11.3. The van der Waals surface area contributed by atoms with Crippen LogP contribution in [-0.4, -0.2) is 14.5 Å². The molecule has 3 rings (SSSR count). The van der Waals surface area contributed by atoms with Gasteiger partial charge in [0.1, 0.15) is 5.82 Å². The lowest BCUT2D eigenvalue weighted by molar-refractivity contribution is 0.761. The summed E-state index contributed by atoms with van der Waals surface area (Å²) in [6.45, 7) is 2.74. The maximum absolute atomic E-state index is 6.01. The molecule has 6 heteroatoms. The van der Waals surface area contributed by atoms with Gasteiger partial charge in [-0.15, -0.1) is 22.9 Å². The quantitative estimate of drug-likeness (QED) is 0.485. The van der Waals surface area contributed by atoms with Gasteiger partial charge in [0.2, 0.25) is 0 Å². The molecule has 0 atom stereocenters. The van der Waals surface area contributed by atoms with Gasteiger partial charge in [0.05, 0.1) is 34.2 Å². The fourth-order valence-corrected chi connectivity index (χ4v) is 3.36. The fourth-order valence-electron chi connectivity index (χ4n) is 2.07. The van der Waals surface area contributed by atoms with Gasteiger partial charge in [-0.05, 0) is 47.7 Å². The summed E-state index contributed by atoms with van der Waals surface area (Å²) in [5, 5.41) is 3.17. The Morgan fingerprint density at radius 3 is 2.89 bits per heavy atom. The molecule has 0 saturated carbocycles. The van der Waals surface area contributed by atoms with Crippen molar-refractivity contribution in [2.45, 2.75) is 19.3 Å². The first-order chi connectivity index (χ1) is 9.17. The van der Waals surface area contributed by atoms with Crippen molar-refractivity contribution in [2.24, 2.45) is 0 Å². The number of aryl methyl sites for hydroxylation is 1. The van der Waals surface area contributed by atoms with Crippen LogP contribution in [0.3, 0.4) is 0 Å². The van der Waals surface area contributed by atoms with Crippen LogP contribution in [-0.2, 0) is 12.4 Å². The Morgan fingerprint density at radius 2 is 2.21 bits per heavy atom. The lowest BCUT2D eigenvalue weighted by Gasteiger charge is -2.05. The maximum Gasteiger partial charge on any atom is 0.125 e. The number of thiazole rings is 1. The average molecular weight is 404 g/mol. The van der Waals surface area contributed by atoms with Gasteiger partial charge in [0.25, 0.3) is 0 Å². The predicted octanol–water partition coefficient (Wildman–Crippen LogP) is 4.19. The molecule has 0 N–H and O–H groups in total. The van der Waals surface area contributed by atoms with Crippen LogP contribution in [0.25, 0.3) is 11.0 Å². The largest absolute Gasteiger partial charge is 0.321 e. The highest BCUT2D eigenvalue weighted by molar-refractivity contribution is 14.1. The van der Waals surface area contributed by atoms with E-state index in [1.54, 1.807) is 11.3 Å². The smallest absolute Gasteiger partial charge is 0.125 e. The predicted molar refractivity (Wildman–Crippen MR) is 88.0 cm³/mol. The van der Waals surface area contributed by atoms with E-state index in [2.05, 4.69) is 60.7 Å². The second-order valence-electron chi connectivity index (χ2n) is 4.24. The number of fused-ring (bicyclic) bond motifs is 1. The molecule has 2 heterocycles. The average Bonchev–Trinajstić information content (AvgIpc) is 2.94. The summed E-state index contributed by atoms with van der Waals surface area (Å²) in [6, 6.07) is 6.26. The van der Waals surface area contributed by atoms with Crippen LogP contribution in [0.4, 0.5) is 0 Å². The molecule has 0 spiro atoms. The summed E-state index contributed by atoms with van der Waals surface area (Å²) < 4.78 is 3.33. The van der Waals surface area contributed by atoms with E-state index in [0.29, 0.717) is 5.88 Å². The lowest BCUT2D eigenvalue weighted by Crippen LogP contribution is -2.04. The summed E-state index contributed by atoms with van der Waals surface area (Å²) in [5.74, 6) is 1.30. The van der Waals surface area contributed by atoms with Crippen LogP contribution < -0.4 is 0 Å². The molecular weight excluding hydrogens is 393 g/mol. The monoisotopic (exact) mass is 403 g/mol. The summed E-state index contributed by atoms with van der Waals surface area (Å²) in [7, 11) is 0. The third kappa shape index (κ3) is 2.64. The Morgan fingerprint density at radius 1 is 1.37 bits per heavy atom. The van der Waals surface area contributed by atoms with Crippen LogP contribution in [0.5, 0.6) is 0 Å². The first-order valence-corrected chi connectivity index (χ1v) is 8.28. The van der Waals surface area contributed by atoms with Gasteiger partial charge in [-0.1, -0.05) is 0 Å². The molecule has 0 radical (unpaired) electrons. The van der Waals surface area contributed by atoms with Gasteiger partial charge in [0, 0.05) is 8.95 Å². The van der Waals surface area contributed by atoms with Crippen molar-refractivity contribution >= 4 is 56.6 Å². The molecule has 0 amide bonds. The molecule has 3 aromatic rings. The Hall–Kier alpha value is -0.660. The minimum absolute atomic E-state index is 0.411. The lowest BCUT2D eigenvalue weighted by atomic mass is 10.3. The van der Waals surface area contributed by atoms with Crippen LogP contribution >= 0.6 is 45.5 Å². The fraction of sp³-hybridized carbons (Fsp3) is 0.231. The third-order valence-electron chi connectivity index (χ3n) is 2.90. The zero-order valence-electron chi connectivity index (χ0n) is 10.2. The Bertz CT molecular complexity index is 735. The number of rotatable bonds is 3. The SMILES string of the molecule is Cc1nc(Cn2c(CCl)nc3cc(I)ccc32)cs1. The van der Waals surface area contributed by atoms with Crippen LogP contribution in [0, 0.1) is 10.5 Å². The van der Waals surface area contributed by atoms with E-state index < -0.39 is 0 Å². The Labute approximate surface area is 133 Å². The zero-order valence-corrected chi connectivity index (χ0v) is 14.0. The molecule has 1 aromatic carbocycles. The number of halogens is 2. The van der Waals surface area contributed by atoms with Gasteiger partial charge < -0.3 is 4.57 Å². The molecule has 0 unspecified atom stereocenters. The standard InChI is InChI=1S/C13H11ClIN3S/c1-8-16-10(7-19-8)6-18-12-3-2-9(15)4-11(12)17-13(18)5-14/h2-4,7H,5-6H2,1H3. The zero-order chi connectivity index (χ0) is 13.4. The highest BCUT2D eigenvalue weighted by Gasteiger charge is 2.11. The number of alkyl halides is 1. The van der Waals surface area contributed by atoms with Crippen molar-refractivity contribution in [3.8, 4) is 0 Å². The van der Waals surface area contributed by atoms with E-state index >= 15 is 0 Å². The highest BCUT2D eigenvalue weighted by Crippen LogP contribution is 2.22. The van der Waals surface area contributed by atoms with E-state index in [9.17, 15) is 0 Å². The molecule has 0 saturated heterocycles. The number of aromatic nitrogens is 3. The van der Waals surface area contributed by atoms with Crippen LogP contribution in [0.1, 0.15) is 16.5 Å². The van der Waals surface area contributed by atoms with Gasteiger partial charge in [-0.25, -0.2) is 9.97 Å². The summed E-state index contributed by atoms with van der Waals surface area (Å²) >= 11 is 9.98. The maximum atomic E-state index is 6.01. The van der Waals surface area contributed by atoms with Gasteiger partial charge in [0.15, 0.2) is 0 Å². The van der Waals surface area contributed by atoms with Crippen LogP contribution in [0.15, 0.2) is 23.6 Å². The van der Waals surface area contributed by atoms with E-state index in [0.717, 1.165) is 34.1 Å². The molecule has 3 nitrogen and oxygen atoms in total. The van der Waals surface area contributed by atoms with Crippen molar-refractivity contribution < 1.29 is 0 Å². The van der Waals surface area contributed by atoms with Gasteiger partial charge in [-0.3, -0.25) is 0 Å². The van der Waals surface area contributed by atoms with Gasteiger partial charge >= 0.3 is 0 Å².